The molecular formula is C37H60N8. The third kappa shape index (κ3) is 17.6. The first kappa shape index (κ1) is 36.8. The summed E-state index contributed by atoms with van der Waals surface area (Å²) >= 11 is 0. The van der Waals surface area contributed by atoms with E-state index in [4.69, 9.17) is 5.73 Å². The molecular weight excluding hydrogens is 556 g/mol. The molecule has 0 atom stereocenters. The van der Waals surface area contributed by atoms with Crippen molar-refractivity contribution in [2.24, 2.45) is 5.73 Å². The molecule has 0 unspecified atom stereocenters. The van der Waals surface area contributed by atoms with Crippen molar-refractivity contribution in [2.45, 2.75) is 45.3 Å². The number of benzene rings is 3. The molecule has 0 aliphatic heterocycles. The maximum absolute atomic E-state index is 5.52. The van der Waals surface area contributed by atoms with E-state index >= 15 is 0 Å². The summed E-state index contributed by atoms with van der Waals surface area (Å²) in [6.45, 7) is 14.7. The highest BCUT2D eigenvalue weighted by atomic mass is 15.0. The predicted octanol–water partition coefficient (Wildman–Crippen LogP) is 3.20. The van der Waals surface area contributed by atoms with Crippen molar-refractivity contribution < 1.29 is 0 Å². The van der Waals surface area contributed by atoms with Crippen LogP contribution in [0.2, 0.25) is 0 Å². The van der Waals surface area contributed by atoms with E-state index in [-0.39, 0.29) is 0 Å². The molecule has 3 aromatic carbocycles. The van der Waals surface area contributed by atoms with Crippen molar-refractivity contribution >= 4 is 0 Å². The van der Waals surface area contributed by atoms with Crippen LogP contribution in [-0.2, 0) is 19.6 Å². The van der Waals surface area contributed by atoms with Crippen LogP contribution in [0, 0.1) is 0 Å². The van der Waals surface area contributed by atoms with Gasteiger partial charge in [-0.15, -0.1) is 0 Å². The molecule has 45 heavy (non-hydrogen) atoms. The Balaban J connectivity index is 1.19. The summed E-state index contributed by atoms with van der Waals surface area (Å²) in [6, 6.07) is 28.3. The lowest BCUT2D eigenvalue weighted by molar-refractivity contribution is 0.556. The maximum atomic E-state index is 5.52. The van der Waals surface area contributed by atoms with E-state index in [0.717, 1.165) is 124 Å². The van der Waals surface area contributed by atoms with Gasteiger partial charge in [-0.25, -0.2) is 0 Å². The van der Waals surface area contributed by atoms with Crippen LogP contribution < -0.4 is 43.0 Å². The molecule has 0 aliphatic rings. The van der Waals surface area contributed by atoms with Crippen molar-refractivity contribution in [3.05, 3.63) is 95.6 Å². The minimum absolute atomic E-state index is 0.755. The molecule has 0 saturated heterocycles. The fraction of sp³-hybridized carbons (Fsp3) is 0.514. The monoisotopic (exact) mass is 616 g/mol. The summed E-state index contributed by atoms with van der Waals surface area (Å²) < 4.78 is 0. The van der Waals surface area contributed by atoms with Crippen molar-refractivity contribution in [2.75, 3.05) is 78.5 Å². The first-order chi connectivity index (χ1) is 22.4. The lowest BCUT2D eigenvalue weighted by atomic mass is 9.98. The molecule has 3 rings (SSSR count). The van der Waals surface area contributed by atoms with E-state index in [0.29, 0.717) is 0 Å². The zero-order valence-electron chi connectivity index (χ0n) is 27.5. The Hall–Kier alpha value is -2.66. The fourth-order valence-corrected chi connectivity index (χ4v) is 5.19. The van der Waals surface area contributed by atoms with Gasteiger partial charge in [-0.1, -0.05) is 72.8 Å². The van der Waals surface area contributed by atoms with E-state index in [1.54, 1.807) is 0 Å². The van der Waals surface area contributed by atoms with Crippen LogP contribution >= 0.6 is 0 Å². The van der Waals surface area contributed by atoms with Crippen LogP contribution in [0.1, 0.15) is 42.4 Å². The molecule has 0 radical (unpaired) electrons. The molecule has 8 nitrogen and oxygen atoms in total. The third-order valence-electron chi connectivity index (χ3n) is 7.71. The Kier molecular flexibility index (Phi) is 20.9. The van der Waals surface area contributed by atoms with Crippen molar-refractivity contribution in [3.63, 3.8) is 0 Å². The first-order valence-corrected chi connectivity index (χ1v) is 17.2. The van der Waals surface area contributed by atoms with Gasteiger partial charge in [0.2, 0.25) is 0 Å². The Morgan fingerprint density at radius 2 is 0.889 bits per heavy atom. The van der Waals surface area contributed by atoms with Gasteiger partial charge in [0, 0.05) is 45.8 Å². The Morgan fingerprint density at radius 3 is 1.51 bits per heavy atom. The van der Waals surface area contributed by atoms with Gasteiger partial charge >= 0.3 is 0 Å². The smallest absolute Gasteiger partial charge is 0.0211 e. The summed E-state index contributed by atoms with van der Waals surface area (Å²) in [7, 11) is 0. The second-order valence-electron chi connectivity index (χ2n) is 11.6. The zero-order valence-corrected chi connectivity index (χ0v) is 27.5. The van der Waals surface area contributed by atoms with E-state index in [1.165, 1.54) is 27.8 Å². The lowest BCUT2D eigenvalue weighted by Crippen LogP contribution is -2.30. The summed E-state index contributed by atoms with van der Waals surface area (Å²) in [6.07, 6.45) is 4.43. The minimum Gasteiger partial charge on any atom is -0.330 e. The molecule has 0 amide bonds. The van der Waals surface area contributed by atoms with E-state index in [1.807, 2.05) is 0 Å². The standard InChI is InChI=1S/C37H60N8/c38-17-7-18-39-25-26-42-21-10-24-45-32-36-14-4-5-16-37(36)35-15-6-13-34(29-35)31-44-23-9-20-41-28-27-40-19-8-22-43-30-33-11-2-1-3-12-33/h1-6,11-16,29,39-45H,7-10,17-28,30-32,38H2. The summed E-state index contributed by atoms with van der Waals surface area (Å²) in [5, 5.41) is 24.8. The Morgan fingerprint density at radius 1 is 0.400 bits per heavy atom. The van der Waals surface area contributed by atoms with Gasteiger partial charge < -0.3 is 43.0 Å². The first-order valence-electron chi connectivity index (χ1n) is 17.2. The topological polar surface area (TPSA) is 110 Å². The van der Waals surface area contributed by atoms with Gasteiger partial charge in [0.1, 0.15) is 0 Å². The minimum atomic E-state index is 0.755. The van der Waals surface area contributed by atoms with Crippen molar-refractivity contribution in [3.8, 4) is 11.1 Å². The Bertz CT molecular complexity index is 1110. The molecule has 0 bridgehead atoms. The molecule has 0 spiro atoms. The quantitative estimate of drug-likeness (QED) is 0.0588. The van der Waals surface area contributed by atoms with Crippen LogP contribution in [0.5, 0.6) is 0 Å². The fourth-order valence-electron chi connectivity index (χ4n) is 5.19. The van der Waals surface area contributed by atoms with Crippen LogP contribution in [0.25, 0.3) is 11.1 Å². The molecule has 0 aromatic heterocycles. The third-order valence-corrected chi connectivity index (χ3v) is 7.71. The predicted molar refractivity (Wildman–Crippen MR) is 192 cm³/mol. The second kappa shape index (κ2) is 25.5. The van der Waals surface area contributed by atoms with Crippen LogP contribution in [0.15, 0.2) is 78.9 Å². The Labute approximate surface area is 273 Å². The molecule has 0 aliphatic carbocycles. The number of hydrogen-bond acceptors (Lipinski definition) is 8. The van der Waals surface area contributed by atoms with Crippen LogP contribution in [-0.4, -0.2) is 78.5 Å². The molecule has 0 saturated carbocycles. The number of hydrogen-bond donors (Lipinski definition) is 8. The van der Waals surface area contributed by atoms with Crippen molar-refractivity contribution in [1.29, 1.82) is 0 Å². The average Bonchev–Trinajstić information content (AvgIpc) is 3.08. The number of rotatable bonds is 28. The maximum Gasteiger partial charge on any atom is 0.0211 e. The second-order valence-corrected chi connectivity index (χ2v) is 11.6. The lowest BCUT2D eigenvalue weighted by Gasteiger charge is -2.13. The van der Waals surface area contributed by atoms with Gasteiger partial charge in [-0.3, -0.25) is 0 Å². The highest BCUT2D eigenvalue weighted by Gasteiger charge is 2.06. The van der Waals surface area contributed by atoms with Gasteiger partial charge in [0.15, 0.2) is 0 Å². The van der Waals surface area contributed by atoms with E-state index in [9.17, 15) is 0 Å². The van der Waals surface area contributed by atoms with Crippen LogP contribution in [0.4, 0.5) is 0 Å². The van der Waals surface area contributed by atoms with E-state index in [2.05, 4.69) is 116 Å². The normalized spacial score (nSPS) is 11.3. The SMILES string of the molecule is NCCCNCCNCCCNCc1ccccc1-c1cccc(CNCCCNCCNCCCNCc2ccccc2)c1. The molecule has 0 heterocycles. The summed E-state index contributed by atoms with van der Waals surface area (Å²) in [4.78, 5) is 0. The summed E-state index contributed by atoms with van der Waals surface area (Å²) in [5.74, 6) is 0. The molecule has 248 valence electrons. The largest absolute Gasteiger partial charge is 0.330 e. The molecule has 8 heteroatoms. The van der Waals surface area contributed by atoms with Gasteiger partial charge in [-0.05, 0) is 112 Å². The zero-order chi connectivity index (χ0) is 31.5. The average molecular weight is 617 g/mol. The van der Waals surface area contributed by atoms with Gasteiger partial charge in [-0.2, -0.15) is 0 Å². The number of nitrogens with one attached hydrogen (secondary N) is 7. The van der Waals surface area contributed by atoms with Gasteiger partial charge in [0.25, 0.3) is 0 Å². The number of nitrogens with two attached hydrogens (primary N) is 1. The molecule has 9 N–H and O–H groups in total. The van der Waals surface area contributed by atoms with E-state index < -0.39 is 0 Å². The highest BCUT2D eigenvalue weighted by Crippen LogP contribution is 2.24. The van der Waals surface area contributed by atoms with Crippen molar-refractivity contribution in [1.82, 2.24) is 37.2 Å². The highest BCUT2D eigenvalue weighted by molar-refractivity contribution is 5.68. The van der Waals surface area contributed by atoms with Crippen LogP contribution in [0.3, 0.4) is 0 Å². The summed E-state index contributed by atoms with van der Waals surface area (Å²) in [5.41, 5.74) is 12.1. The van der Waals surface area contributed by atoms with Gasteiger partial charge in [0.05, 0.1) is 0 Å². The molecule has 3 aromatic rings. The molecule has 0 fully saturated rings.